The lowest BCUT2D eigenvalue weighted by atomic mass is 9.76. The Bertz CT molecular complexity index is 1610. The maximum absolute atomic E-state index is 13.6. The van der Waals surface area contributed by atoms with Crippen molar-refractivity contribution in [3.8, 4) is 11.5 Å². The third-order valence-electron chi connectivity index (χ3n) is 6.07. The fourth-order valence-corrected chi connectivity index (χ4v) is 5.38. The van der Waals surface area contributed by atoms with Crippen molar-refractivity contribution in [3.63, 3.8) is 0 Å². The predicted molar refractivity (Wildman–Crippen MR) is 151 cm³/mol. The van der Waals surface area contributed by atoms with Gasteiger partial charge in [-0.3, -0.25) is 9.52 Å². The summed E-state index contributed by atoms with van der Waals surface area (Å²) in [5, 5.41) is 3.13. The van der Waals surface area contributed by atoms with Crippen LogP contribution in [0.2, 0.25) is 0 Å². The predicted octanol–water partition coefficient (Wildman–Crippen LogP) is 4.81. The van der Waals surface area contributed by atoms with Gasteiger partial charge in [-0.1, -0.05) is 45.0 Å². The summed E-state index contributed by atoms with van der Waals surface area (Å²) in [5.74, 6) is 0.00961. The average Bonchev–Trinajstić information content (AvgIpc) is 2.87. The Morgan fingerprint density at radius 2 is 1.46 bits per heavy atom. The standard InChI is InChI=1S/C28H31N5O5S/c1-28(2,3)24(25(29)34)17-9-8-10-21(13-17)39(35,36)33-27-26(31-22-11-6-7-12-23(22)32-27)30-18-14-19(37-4)16-20(15-18)38-5/h6-16,24H,1-5H3,(H2,29,34)(H,30,31)(H,32,33)/t24-/m1/s1. The fraction of sp³-hybridized carbons (Fsp3) is 0.250. The van der Waals surface area contributed by atoms with Crippen LogP contribution in [0, 0.1) is 5.41 Å². The number of sulfonamides is 1. The zero-order valence-corrected chi connectivity index (χ0v) is 23.2. The number of carbonyl (C=O) groups excluding carboxylic acids is 1. The molecule has 0 radical (unpaired) electrons. The highest BCUT2D eigenvalue weighted by molar-refractivity contribution is 7.92. The van der Waals surface area contributed by atoms with E-state index in [0.717, 1.165) is 0 Å². The van der Waals surface area contributed by atoms with Crippen LogP contribution in [0.3, 0.4) is 0 Å². The van der Waals surface area contributed by atoms with E-state index in [1.165, 1.54) is 26.4 Å². The number of para-hydroxylation sites is 2. The highest BCUT2D eigenvalue weighted by Crippen LogP contribution is 2.36. The van der Waals surface area contributed by atoms with E-state index < -0.39 is 27.3 Å². The Hall–Kier alpha value is -4.38. The van der Waals surface area contributed by atoms with Crippen molar-refractivity contribution in [2.24, 2.45) is 11.1 Å². The van der Waals surface area contributed by atoms with Gasteiger partial charge in [0.15, 0.2) is 11.6 Å². The molecular weight excluding hydrogens is 518 g/mol. The van der Waals surface area contributed by atoms with E-state index in [0.29, 0.717) is 33.8 Å². The second kappa shape index (κ2) is 10.8. The maximum Gasteiger partial charge on any atom is 0.263 e. The summed E-state index contributed by atoms with van der Waals surface area (Å²) in [4.78, 5) is 21.4. The summed E-state index contributed by atoms with van der Waals surface area (Å²) in [6.45, 7) is 5.62. The topological polar surface area (TPSA) is 146 Å². The molecule has 0 saturated heterocycles. The highest BCUT2D eigenvalue weighted by Gasteiger charge is 2.32. The number of primary amides is 1. The summed E-state index contributed by atoms with van der Waals surface area (Å²) in [5.41, 5.74) is 7.28. The molecule has 10 nitrogen and oxygen atoms in total. The van der Waals surface area contributed by atoms with Crippen LogP contribution < -0.4 is 25.2 Å². The number of methoxy groups -OCH3 is 2. The summed E-state index contributed by atoms with van der Waals surface area (Å²) in [6, 6.07) is 18.4. The fourth-order valence-electron chi connectivity index (χ4n) is 4.31. The van der Waals surface area contributed by atoms with Crippen LogP contribution >= 0.6 is 0 Å². The van der Waals surface area contributed by atoms with Crippen molar-refractivity contribution >= 4 is 44.3 Å². The number of amides is 1. The Morgan fingerprint density at radius 1 is 0.872 bits per heavy atom. The number of fused-ring (bicyclic) bond motifs is 1. The van der Waals surface area contributed by atoms with Crippen molar-refractivity contribution in [1.29, 1.82) is 0 Å². The molecule has 1 atom stereocenters. The SMILES string of the molecule is COc1cc(Nc2nc3ccccc3nc2NS(=O)(=O)c2cccc([C@H](C(N)=O)C(C)(C)C)c2)cc(OC)c1. The largest absolute Gasteiger partial charge is 0.497 e. The summed E-state index contributed by atoms with van der Waals surface area (Å²) in [7, 11) is -1.08. The number of carbonyl (C=O) groups is 1. The lowest BCUT2D eigenvalue weighted by molar-refractivity contribution is -0.121. The molecule has 0 aliphatic rings. The Morgan fingerprint density at radius 3 is 2.00 bits per heavy atom. The molecule has 11 heteroatoms. The van der Waals surface area contributed by atoms with E-state index in [1.807, 2.05) is 26.8 Å². The zero-order valence-electron chi connectivity index (χ0n) is 22.3. The lowest BCUT2D eigenvalue weighted by Gasteiger charge is -2.28. The molecule has 1 amide bonds. The zero-order chi connectivity index (χ0) is 28.4. The number of benzene rings is 3. The molecule has 0 aliphatic heterocycles. The highest BCUT2D eigenvalue weighted by atomic mass is 32.2. The van der Waals surface area contributed by atoms with Gasteiger partial charge in [-0.2, -0.15) is 0 Å². The molecule has 3 aromatic carbocycles. The van der Waals surface area contributed by atoms with Crippen LogP contribution in [-0.2, 0) is 14.8 Å². The number of hydrogen-bond donors (Lipinski definition) is 3. The normalized spacial score (nSPS) is 12.5. The third kappa shape index (κ3) is 6.20. The Kier molecular flexibility index (Phi) is 7.64. The van der Waals surface area contributed by atoms with Crippen LogP contribution in [0.15, 0.2) is 71.6 Å². The minimum Gasteiger partial charge on any atom is -0.497 e. The van der Waals surface area contributed by atoms with Crippen LogP contribution in [-0.4, -0.2) is 38.5 Å². The number of aromatic nitrogens is 2. The van der Waals surface area contributed by atoms with E-state index in [2.05, 4.69) is 20.0 Å². The van der Waals surface area contributed by atoms with Crippen molar-refractivity contribution in [2.45, 2.75) is 31.6 Å². The number of anilines is 3. The van der Waals surface area contributed by atoms with E-state index >= 15 is 0 Å². The second-order valence-electron chi connectivity index (χ2n) is 10.0. The molecule has 1 heterocycles. The molecule has 1 aromatic heterocycles. The van der Waals surface area contributed by atoms with Gasteiger partial charge < -0.3 is 20.5 Å². The van der Waals surface area contributed by atoms with Crippen LogP contribution in [0.5, 0.6) is 11.5 Å². The third-order valence-corrected chi connectivity index (χ3v) is 7.40. The van der Waals surface area contributed by atoms with Crippen LogP contribution in [0.1, 0.15) is 32.3 Å². The molecular formula is C28H31N5O5S. The molecule has 0 spiro atoms. The van der Waals surface area contributed by atoms with Crippen LogP contribution in [0.4, 0.5) is 17.3 Å². The smallest absolute Gasteiger partial charge is 0.263 e. The molecule has 4 N–H and O–H groups in total. The lowest BCUT2D eigenvalue weighted by Crippen LogP contribution is -2.32. The van der Waals surface area contributed by atoms with Gasteiger partial charge in [0.2, 0.25) is 5.91 Å². The first-order chi connectivity index (χ1) is 18.4. The average molecular weight is 550 g/mol. The molecule has 204 valence electrons. The molecule has 0 fully saturated rings. The van der Waals surface area contributed by atoms with E-state index in [1.54, 1.807) is 48.5 Å². The first-order valence-corrected chi connectivity index (χ1v) is 13.6. The van der Waals surface area contributed by atoms with Crippen molar-refractivity contribution < 1.29 is 22.7 Å². The Balaban J connectivity index is 1.77. The number of nitrogens with zero attached hydrogens (tertiary/aromatic N) is 2. The quantitative estimate of drug-likeness (QED) is 0.270. The van der Waals surface area contributed by atoms with Crippen molar-refractivity contribution in [3.05, 3.63) is 72.3 Å². The van der Waals surface area contributed by atoms with Gasteiger partial charge in [-0.15, -0.1) is 0 Å². The number of rotatable bonds is 9. The number of nitrogens with two attached hydrogens (primary N) is 1. The Labute approximate surface area is 227 Å². The van der Waals surface area contributed by atoms with Crippen LogP contribution in [0.25, 0.3) is 11.0 Å². The first kappa shape index (κ1) is 27.6. The van der Waals surface area contributed by atoms with E-state index in [-0.39, 0.29) is 16.5 Å². The minimum atomic E-state index is -4.14. The monoisotopic (exact) mass is 549 g/mol. The molecule has 0 bridgehead atoms. The molecule has 0 saturated carbocycles. The van der Waals surface area contributed by atoms with Gasteiger partial charge in [-0.25, -0.2) is 18.4 Å². The molecule has 0 aliphatic carbocycles. The van der Waals surface area contributed by atoms with Gasteiger partial charge in [0.05, 0.1) is 36.1 Å². The van der Waals surface area contributed by atoms with Gasteiger partial charge in [0.1, 0.15) is 11.5 Å². The summed E-state index contributed by atoms with van der Waals surface area (Å²) >= 11 is 0. The maximum atomic E-state index is 13.6. The van der Waals surface area contributed by atoms with Gasteiger partial charge >= 0.3 is 0 Å². The van der Waals surface area contributed by atoms with E-state index in [4.69, 9.17) is 15.2 Å². The molecule has 39 heavy (non-hydrogen) atoms. The minimum absolute atomic E-state index is 0.0110. The van der Waals surface area contributed by atoms with Gasteiger partial charge in [-0.05, 0) is 35.2 Å². The van der Waals surface area contributed by atoms with Gasteiger partial charge in [0.25, 0.3) is 10.0 Å². The number of ether oxygens (including phenoxy) is 2. The van der Waals surface area contributed by atoms with Gasteiger partial charge in [0, 0.05) is 23.9 Å². The summed E-state index contributed by atoms with van der Waals surface area (Å²) in [6.07, 6.45) is 0. The molecule has 4 rings (SSSR count). The molecule has 4 aromatic rings. The second-order valence-corrected chi connectivity index (χ2v) is 11.7. The number of nitrogens with one attached hydrogen (secondary N) is 2. The molecule has 0 unspecified atom stereocenters. The number of hydrogen-bond acceptors (Lipinski definition) is 8. The summed E-state index contributed by atoms with van der Waals surface area (Å²) < 4.78 is 40.4. The van der Waals surface area contributed by atoms with Crippen molar-refractivity contribution in [1.82, 2.24) is 9.97 Å². The van der Waals surface area contributed by atoms with Crippen molar-refractivity contribution in [2.75, 3.05) is 24.3 Å². The first-order valence-electron chi connectivity index (χ1n) is 12.1. The van der Waals surface area contributed by atoms with E-state index in [9.17, 15) is 13.2 Å².